The normalized spacial score (nSPS) is 18.2. The second-order valence-electron chi connectivity index (χ2n) is 5.74. The fourth-order valence-electron chi connectivity index (χ4n) is 2.84. The number of aromatic hydroxyl groups is 5. The first-order valence-corrected chi connectivity index (χ1v) is 7.40. The van der Waals surface area contributed by atoms with E-state index in [-0.39, 0.29) is 36.7 Å². The molecule has 0 radical (unpaired) electrons. The second kappa shape index (κ2) is 6.91. The zero-order valence-corrected chi connectivity index (χ0v) is 13.1. The Balaban J connectivity index is 0.00000243. The van der Waals surface area contributed by atoms with Crippen molar-refractivity contribution < 1.29 is 39.8 Å². The first-order chi connectivity index (χ1) is 11.8. The predicted molar refractivity (Wildman–Crippen MR) is 90.6 cm³/mol. The highest BCUT2D eigenvalue weighted by Crippen LogP contribution is 2.45. The SMILES string of the molecule is C.CC(=O)O[C@@H]1Cc2c(O)cc(O)cc2O[C@H]1c1cc(O)c(O)c(O)c1. The van der Waals surface area contributed by atoms with Crippen LogP contribution in [0.25, 0.3) is 0 Å². The van der Waals surface area contributed by atoms with Gasteiger partial charge < -0.3 is 35.0 Å². The molecule has 0 saturated heterocycles. The van der Waals surface area contributed by atoms with Crippen molar-refractivity contribution in [3.8, 4) is 34.5 Å². The summed E-state index contributed by atoms with van der Waals surface area (Å²) in [5, 5.41) is 48.5. The fraction of sp³-hybridized carbons (Fsp3) is 0.278. The van der Waals surface area contributed by atoms with Crippen LogP contribution in [0.15, 0.2) is 24.3 Å². The molecular formula is C18H20O8. The van der Waals surface area contributed by atoms with Crippen LogP contribution in [0, 0.1) is 0 Å². The molecule has 0 unspecified atom stereocenters. The van der Waals surface area contributed by atoms with E-state index in [4.69, 9.17) is 9.47 Å². The molecule has 1 aliphatic rings. The monoisotopic (exact) mass is 364 g/mol. The van der Waals surface area contributed by atoms with Gasteiger partial charge in [-0.15, -0.1) is 0 Å². The molecule has 1 heterocycles. The van der Waals surface area contributed by atoms with Crippen LogP contribution in [-0.4, -0.2) is 37.6 Å². The molecule has 2 aromatic carbocycles. The summed E-state index contributed by atoms with van der Waals surface area (Å²) in [5.74, 6) is -2.63. The number of phenols is 5. The van der Waals surface area contributed by atoms with E-state index >= 15 is 0 Å². The maximum absolute atomic E-state index is 11.4. The van der Waals surface area contributed by atoms with Gasteiger partial charge in [-0.25, -0.2) is 0 Å². The molecule has 5 N–H and O–H groups in total. The summed E-state index contributed by atoms with van der Waals surface area (Å²) < 4.78 is 11.0. The third kappa shape index (κ3) is 3.39. The lowest BCUT2D eigenvalue weighted by Crippen LogP contribution is -2.34. The summed E-state index contributed by atoms with van der Waals surface area (Å²) in [6.07, 6.45) is -1.70. The predicted octanol–water partition coefficient (Wildman–Crippen LogP) is 2.46. The van der Waals surface area contributed by atoms with Crippen LogP contribution >= 0.6 is 0 Å². The summed E-state index contributed by atoms with van der Waals surface area (Å²) in [6.45, 7) is 1.22. The number of fused-ring (bicyclic) bond motifs is 1. The van der Waals surface area contributed by atoms with Crippen molar-refractivity contribution in [2.75, 3.05) is 0 Å². The molecule has 0 aliphatic carbocycles. The number of phenolic OH excluding ortho intramolecular Hbond substituents is 5. The van der Waals surface area contributed by atoms with E-state index < -0.39 is 35.4 Å². The Morgan fingerprint density at radius 1 is 1.04 bits per heavy atom. The molecular weight excluding hydrogens is 344 g/mol. The van der Waals surface area contributed by atoms with Crippen LogP contribution in [0.4, 0.5) is 0 Å². The lowest BCUT2D eigenvalue weighted by Gasteiger charge is -2.33. The summed E-state index contributed by atoms with van der Waals surface area (Å²) in [7, 11) is 0. The number of esters is 1. The maximum atomic E-state index is 11.4. The summed E-state index contributed by atoms with van der Waals surface area (Å²) in [4.78, 5) is 11.4. The van der Waals surface area contributed by atoms with Gasteiger partial charge >= 0.3 is 5.97 Å². The highest BCUT2D eigenvalue weighted by Gasteiger charge is 2.36. The van der Waals surface area contributed by atoms with Gasteiger partial charge in [0.05, 0.1) is 0 Å². The lowest BCUT2D eigenvalue weighted by molar-refractivity contribution is -0.152. The Kier molecular flexibility index (Phi) is 5.06. The van der Waals surface area contributed by atoms with Gasteiger partial charge in [-0.1, -0.05) is 7.43 Å². The minimum Gasteiger partial charge on any atom is -0.508 e. The summed E-state index contributed by atoms with van der Waals surface area (Å²) in [6, 6.07) is 4.78. The van der Waals surface area contributed by atoms with E-state index in [1.165, 1.54) is 25.1 Å². The van der Waals surface area contributed by atoms with Gasteiger partial charge in [0.2, 0.25) is 0 Å². The van der Waals surface area contributed by atoms with Crippen molar-refractivity contribution in [1.29, 1.82) is 0 Å². The van der Waals surface area contributed by atoms with Crippen LogP contribution < -0.4 is 4.74 Å². The minimum atomic E-state index is -0.935. The third-order valence-corrected chi connectivity index (χ3v) is 3.90. The van der Waals surface area contributed by atoms with Crippen molar-refractivity contribution in [1.82, 2.24) is 0 Å². The van der Waals surface area contributed by atoms with Crippen molar-refractivity contribution in [3.63, 3.8) is 0 Å². The Bertz CT molecular complexity index is 822. The van der Waals surface area contributed by atoms with Crippen LogP contribution in [0.2, 0.25) is 0 Å². The number of carbonyl (C=O) groups is 1. The molecule has 2 atom stereocenters. The fourth-order valence-corrected chi connectivity index (χ4v) is 2.84. The Morgan fingerprint density at radius 2 is 1.65 bits per heavy atom. The largest absolute Gasteiger partial charge is 0.508 e. The number of rotatable bonds is 2. The summed E-state index contributed by atoms with van der Waals surface area (Å²) >= 11 is 0. The zero-order valence-electron chi connectivity index (χ0n) is 13.1. The van der Waals surface area contributed by atoms with Gasteiger partial charge in [-0.2, -0.15) is 0 Å². The highest BCUT2D eigenvalue weighted by molar-refractivity contribution is 5.66. The van der Waals surface area contributed by atoms with E-state index in [1.54, 1.807) is 0 Å². The van der Waals surface area contributed by atoms with Gasteiger partial charge in [0.25, 0.3) is 0 Å². The van der Waals surface area contributed by atoms with E-state index in [0.717, 1.165) is 6.07 Å². The molecule has 8 heteroatoms. The number of hydrogen-bond donors (Lipinski definition) is 5. The van der Waals surface area contributed by atoms with Crippen LogP contribution in [-0.2, 0) is 16.0 Å². The van der Waals surface area contributed by atoms with Crippen LogP contribution in [0.3, 0.4) is 0 Å². The van der Waals surface area contributed by atoms with Crippen molar-refractivity contribution >= 4 is 5.97 Å². The molecule has 0 spiro atoms. The van der Waals surface area contributed by atoms with Gasteiger partial charge in [-0.3, -0.25) is 4.79 Å². The van der Waals surface area contributed by atoms with Gasteiger partial charge in [0.15, 0.2) is 23.4 Å². The molecule has 0 fully saturated rings. The van der Waals surface area contributed by atoms with Gasteiger partial charge in [0, 0.05) is 36.6 Å². The van der Waals surface area contributed by atoms with E-state index in [2.05, 4.69) is 0 Å². The standard InChI is InChI=1S/C17H16O8.CH4/c1-7(18)24-15-6-10-11(20)4-9(19)5-14(10)25-17(15)8-2-12(21)16(23)13(22)3-8;/h2-5,15,17,19-23H,6H2,1H3;1H4/t15-,17+;/m1./s1. The van der Waals surface area contributed by atoms with Crippen molar-refractivity contribution in [2.45, 2.75) is 33.0 Å². The lowest BCUT2D eigenvalue weighted by atomic mass is 9.93. The van der Waals surface area contributed by atoms with Gasteiger partial charge in [-0.05, 0) is 12.1 Å². The first kappa shape index (κ1) is 19.0. The van der Waals surface area contributed by atoms with Crippen LogP contribution in [0.5, 0.6) is 34.5 Å². The van der Waals surface area contributed by atoms with Crippen molar-refractivity contribution in [2.24, 2.45) is 0 Å². The maximum Gasteiger partial charge on any atom is 0.303 e. The molecule has 1 aliphatic heterocycles. The third-order valence-electron chi connectivity index (χ3n) is 3.90. The van der Waals surface area contributed by atoms with Crippen LogP contribution in [0.1, 0.15) is 31.6 Å². The first-order valence-electron chi connectivity index (χ1n) is 7.40. The Hall–Kier alpha value is -3.29. The Labute approximate surface area is 149 Å². The van der Waals surface area contributed by atoms with Gasteiger partial charge in [0.1, 0.15) is 23.4 Å². The van der Waals surface area contributed by atoms with E-state index in [1.807, 2.05) is 0 Å². The molecule has 0 amide bonds. The molecule has 0 aromatic heterocycles. The van der Waals surface area contributed by atoms with E-state index in [9.17, 15) is 30.3 Å². The molecule has 2 aromatic rings. The minimum absolute atomic E-state index is 0. The Morgan fingerprint density at radius 3 is 2.23 bits per heavy atom. The average molecular weight is 364 g/mol. The molecule has 0 bridgehead atoms. The number of hydrogen-bond acceptors (Lipinski definition) is 8. The molecule has 26 heavy (non-hydrogen) atoms. The van der Waals surface area contributed by atoms with Crippen molar-refractivity contribution in [3.05, 3.63) is 35.4 Å². The molecule has 8 nitrogen and oxygen atoms in total. The molecule has 3 rings (SSSR count). The zero-order chi connectivity index (χ0) is 18.3. The van der Waals surface area contributed by atoms with E-state index in [0.29, 0.717) is 5.56 Å². The topological polar surface area (TPSA) is 137 Å². The molecule has 140 valence electrons. The number of ether oxygens (including phenoxy) is 2. The average Bonchev–Trinajstić information content (AvgIpc) is 2.51. The quantitative estimate of drug-likeness (QED) is 0.405. The summed E-state index contributed by atoms with van der Waals surface area (Å²) in [5.41, 5.74) is 0.597. The number of carbonyl (C=O) groups excluding carboxylic acids is 1. The second-order valence-corrected chi connectivity index (χ2v) is 5.74. The molecule has 0 saturated carbocycles. The smallest absolute Gasteiger partial charge is 0.303 e. The highest BCUT2D eigenvalue weighted by atomic mass is 16.6. The number of benzene rings is 2.